The molecule has 0 atom stereocenters. The molecule has 0 aliphatic heterocycles. The second-order valence-corrected chi connectivity index (χ2v) is 6.66. The van der Waals surface area contributed by atoms with Crippen LogP contribution in [0.5, 0.6) is 0 Å². The fourth-order valence-corrected chi connectivity index (χ4v) is 2.99. The van der Waals surface area contributed by atoms with Crippen LogP contribution >= 0.6 is 11.6 Å². The van der Waals surface area contributed by atoms with Gasteiger partial charge in [0.2, 0.25) is 0 Å². The Labute approximate surface area is 166 Å². The summed E-state index contributed by atoms with van der Waals surface area (Å²) in [5.74, 6) is 1.10. The van der Waals surface area contributed by atoms with E-state index in [4.69, 9.17) is 16.0 Å². The van der Waals surface area contributed by atoms with E-state index in [1.807, 2.05) is 49.4 Å². The third-order valence-corrected chi connectivity index (χ3v) is 4.38. The summed E-state index contributed by atoms with van der Waals surface area (Å²) in [6, 6.07) is 18.1. The number of nitrogens with zero attached hydrogens (tertiary/aromatic N) is 3. The van der Waals surface area contributed by atoms with Crippen molar-refractivity contribution in [3.8, 4) is 17.1 Å². The van der Waals surface area contributed by atoms with Gasteiger partial charge in [-0.1, -0.05) is 23.7 Å². The molecule has 4 aromatic rings. The molecular weight excluding hydrogens is 376 g/mol. The largest absolute Gasteiger partial charge is 0.460 e. The van der Waals surface area contributed by atoms with Crippen molar-refractivity contribution in [1.82, 2.24) is 20.1 Å². The van der Waals surface area contributed by atoms with E-state index in [0.717, 1.165) is 11.5 Å². The van der Waals surface area contributed by atoms with Crippen molar-refractivity contribution in [3.05, 3.63) is 89.0 Å². The molecule has 140 valence electrons. The molecule has 7 heteroatoms. The van der Waals surface area contributed by atoms with Crippen molar-refractivity contribution in [1.29, 1.82) is 0 Å². The van der Waals surface area contributed by atoms with Gasteiger partial charge in [-0.15, -0.1) is 0 Å². The van der Waals surface area contributed by atoms with Crippen molar-refractivity contribution in [2.24, 2.45) is 0 Å². The minimum atomic E-state index is -0.271. The maximum Gasteiger partial charge on any atom is 0.270 e. The molecule has 3 heterocycles. The standard InChI is InChI=1S/C21H17ClN4O2/c1-14-8-9-20(28-14)18-12-19(21(27)24-13-16-6-2-3-10-23-16)26(25-18)17-7-4-5-15(22)11-17/h2-12H,13H2,1H3,(H,24,27). The van der Waals surface area contributed by atoms with E-state index in [2.05, 4.69) is 15.4 Å². The Bertz CT molecular complexity index is 1120. The lowest BCUT2D eigenvalue weighted by Crippen LogP contribution is -2.25. The van der Waals surface area contributed by atoms with E-state index in [1.54, 1.807) is 29.1 Å². The number of hydrogen-bond acceptors (Lipinski definition) is 4. The number of carbonyl (C=O) groups excluding carboxylic acids is 1. The summed E-state index contributed by atoms with van der Waals surface area (Å²) >= 11 is 6.13. The van der Waals surface area contributed by atoms with Crippen molar-refractivity contribution in [2.45, 2.75) is 13.5 Å². The molecule has 3 aromatic heterocycles. The van der Waals surface area contributed by atoms with Gasteiger partial charge in [0, 0.05) is 17.3 Å². The number of pyridine rings is 1. The van der Waals surface area contributed by atoms with Crippen LogP contribution in [0.25, 0.3) is 17.1 Å². The van der Waals surface area contributed by atoms with Gasteiger partial charge in [-0.3, -0.25) is 9.78 Å². The number of aromatic nitrogens is 3. The van der Waals surface area contributed by atoms with Crippen LogP contribution in [0.2, 0.25) is 5.02 Å². The summed E-state index contributed by atoms with van der Waals surface area (Å²) in [6.07, 6.45) is 1.69. The van der Waals surface area contributed by atoms with Crippen LogP contribution in [-0.2, 0) is 6.54 Å². The van der Waals surface area contributed by atoms with E-state index in [-0.39, 0.29) is 5.91 Å². The number of nitrogens with one attached hydrogen (secondary N) is 1. The number of aryl methyl sites for hydroxylation is 1. The molecule has 4 rings (SSSR count). The van der Waals surface area contributed by atoms with E-state index in [9.17, 15) is 4.79 Å². The second kappa shape index (κ2) is 7.70. The molecule has 1 N–H and O–H groups in total. The highest BCUT2D eigenvalue weighted by molar-refractivity contribution is 6.30. The summed E-state index contributed by atoms with van der Waals surface area (Å²) in [6.45, 7) is 2.17. The van der Waals surface area contributed by atoms with Crippen LogP contribution in [0.3, 0.4) is 0 Å². The molecule has 28 heavy (non-hydrogen) atoms. The Morgan fingerprint density at radius 3 is 2.75 bits per heavy atom. The van der Waals surface area contributed by atoms with Gasteiger partial charge in [-0.25, -0.2) is 4.68 Å². The SMILES string of the molecule is Cc1ccc(-c2cc(C(=O)NCc3ccccn3)n(-c3cccc(Cl)c3)n2)o1. The lowest BCUT2D eigenvalue weighted by Gasteiger charge is -2.08. The highest BCUT2D eigenvalue weighted by atomic mass is 35.5. The molecule has 0 unspecified atom stereocenters. The summed E-state index contributed by atoms with van der Waals surface area (Å²) in [5, 5.41) is 8.01. The molecular formula is C21H17ClN4O2. The van der Waals surface area contributed by atoms with Gasteiger partial charge in [0.25, 0.3) is 5.91 Å². The van der Waals surface area contributed by atoms with Gasteiger partial charge in [0.15, 0.2) is 5.76 Å². The average molecular weight is 393 g/mol. The summed E-state index contributed by atoms with van der Waals surface area (Å²) in [7, 11) is 0. The molecule has 0 fully saturated rings. The van der Waals surface area contributed by atoms with E-state index < -0.39 is 0 Å². The zero-order chi connectivity index (χ0) is 19.5. The van der Waals surface area contributed by atoms with Crippen LogP contribution in [0.4, 0.5) is 0 Å². The molecule has 0 saturated carbocycles. The zero-order valence-corrected chi connectivity index (χ0v) is 15.8. The molecule has 1 amide bonds. The molecule has 1 aromatic carbocycles. The number of halogens is 1. The monoisotopic (exact) mass is 392 g/mol. The first-order valence-corrected chi connectivity index (χ1v) is 9.09. The summed E-state index contributed by atoms with van der Waals surface area (Å²) < 4.78 is 7.23. The van der Waals surface area contributed by atoms with Crippen LogP contribution in [-0.4, -0.2) is 20.7 Å². The van der Waals surface area contributed by atoms with Gasteiger partial charge < -0.3 is 9.73 Å². The number of benzene rings is 1. The fourth-order valence-electron chi connectivity index (χ4n) is 2.80. The van der Waals surface area contributed by atoms with E-state index >= 15 is 0 Å². The van der Waals surface area contributed by atoms with Gasteiger partial charge >= 0.3 is 0 Å². The third-order valence-electron chi connectivity index (χ3n) is 4.14. The third kappa shape index (κ3) is 3.82. The van der Waals surface area contributed by atoms with Crippen LogP contribution < -0.4 is 5.32 Å². The lowest BCUT2D eigenvalue weighted by molar-refractivity contribution is 0.0942. The predicted molar refractivity (Wildman–Crippen MR) is 106 cm³/mol. The highest BCUT2D eigenvalue weighted by Crippen LogP contribution is 2.24. The quantitative estimate of drug-likeness (QED) is 0.545. The molecule has 0 bridgehead atoms. The number of hydrogen-bond donors (Lipinski definition) is 1. The first-order valence-electron chi connectivity index (χ1n) is 8.71. The number of carbonyl (C=O) groups is 1. The molecule has 0 saturated heterocycles. The van der Waals surface area contributed by atoms with Crippen LogP contribution in [0.1, 0.15) is 21.9 Å². The van der Waals surface area contributed by atoms with Gasteiger partial charge in [0.1, 0.15) is 17.1 Å². The number of furan rings is 1. The minimum absolute atomic E-state index is 0.271. The van der Waals surface area contributed by atoms with E-state index in [0.29, 0.717) is 34.4 Å². The Kier molecular flexibility index (Phi) is 4.95. The van der Waals surface area contributed by atoms with Gasteiger partial charge in [-0.2, -0.15) is 5.10 Å². The Hall–Kier alpha value is -3.38. The fraction of sp³-hybridized carbons (Fsp3) is 0.0952. The molecule has 0 aliphatic rings. The first-order chi connectivity index (χ1) is 13.6. The van der Waals surface area contributed by atoms with Crippen molar-refractivity contribution < 1.29 is 9.21 Å². The van der Waals surface area contributed by atoms with Crippen molar-refractivity contribution in [2.75, 3.05) is 0 Å². The van der Waals surface area contributed by atoms with E-state index in [1.165, 1.54) is 0 Å². The van der Waals surface area contributed by atoms with Crippen molar-refractivity contribution in [3.63, 3.8) is 0 Å². The predicted octanol–water partition coefficient (Wildman–Crippen LogP) is 4.42. The Morgan fingerprint density at radius 1 is 1.14 bits per heavy atom. The first kappa shape index (κ1) is 18.0. The van der Waals surface area contributed by atoms with Crippen molar-refractivity contribution >= 4 is 17.5 Å². The maximum absolute atomic E-state index is 12.9. The smallest absolute Gasteiger partial charge is 0.270 e. The van der Waals surface area contributed by atoms with Crippen LogP contribution in [0.15, 0.2) is 71.3 Å². The molecule has 0 aliphatic carbocycles. The van der Waals surface area contributed by atoms with Gasteiger partial charge in [0.05, 0.1) is 17.9 Å². The normalized spacial score (nSPS) is 10.8. The molecule has 6 nitrogen and oxygen atoms in total. The summed E-state index contributed by atoms with van der Waals surface area (Å²) in [4.78, 5) is 17.1. The maximum atomic E-state index is 12.9. The highest BCUT2D eigenvalue weighted by Gasteiger charge is 2.19. The van der Waals surface area contributed by atoms with Gasteiger partial charge in [-0.05, 0) is 49.4 Å². The Morgan fingerprint density at radius 2 is 2.04 bits per heavy atom. The zero-order valence-electron chi connectivity index (χ0n) is 15.1. The average Bonchev–Trinajstić information content (AvgIpc) is 3.33. The topological polar surface area (TPSA) is 73.0 Å². The number of amides is 1. The molecule has 0 radical (unpaired) electrons. The summed E-state index contributed by atoms with van der Waals surface area (Å²) in [5.41, 5.74) is 2.40. The lowest BCUT2D eigenvalue weighted by atomic mass is 10.2. The molecule has 0 spiro atoms. The number of rotatable bonds is 5. The Balaban J connectivity index is 1.69. The second-order valence-electron chi connectivity index (χ2n) is 6.22. The minimum Gasteiger partial charge on any atom is -0.460 e. The van der Waals surface area contributed by atoms with Crippen LogP contribution in [0, 0.1) is 6.92 Å².